The molecule has 0 saturated heterocycles. The molecule has 0 bridgehead atoms. The third-order valence-electron chi connectivity index (χ3n) is 5.09. The average Bonchev–Trinajstić information content (AvgIpc) is 3.33. The highest BCUT2D eigenvalue weighted by Gasteiger charge is 2.40. The molecule has 0 amide bonds. The van der Waals surface area contributed by atoms with Crippen LogP contribution in [0.25, 0.3) is 0 Å². The molecule has 3 heterocycles. The Morgan fingerprint density at radius 2 is 1.62 bits per heavy atom. The zero-order valence-electron chi connectivity index (χ0n) is 14.0. The van der Waals surface area contributed by atoms with Crippen LogP contribution in [0.1, 0.15) is 28.1 Å². The van der Waals surface area contributed by atoms with Crippen molar-refractivity contribution in [3.63, 3.8) is 0 Å². The number of hydrogen-bond donors (Lipinski definition) is 2. The molecule has 2 N–H and O–H groups in total. The van der Waals surface area contributed by atoms with E-state index in [1.807, 2.05) is 12.1 Å². The molecule has 3 nitrogen and oxygen atoms in total. The van der Waals surface area contributed by atoms with Gasteiger partial charge in [0.25, 0.3) is 0 Å². The van der Waals surface area contributed by atoms with Crippen molar-refractivity contribution in [3.8, 4) is 0 Å². The lowest BCUT2D eigenvalue weighted by Crippen LogP contribution is -2.33. The van der Waals surface area contributed by atoms with E-state index in [0.717, 1.165) is 17.1 Å². The normalized spacial score (nSPS) is 24.5. The predicted octanol–water partition coefficient (Wildman–Crippen LogP) is 5.65. The Morgan fingerprint density at radius 3 is 2.35 bits per heavy atom. The van der Waals surface area contributed by atoms with Crippen LogP contribution in [0.4, 0.5) is 11.4 Å². The van der Waals surface area contributed by atoms with Gasteiger partial charge in [-0.2, -0.15) is 0 Å². The van der Waals surface area contributed by atoms with Gasteiger partial charge in [0.15, 0.2) is 0 Å². The highest BCUT2D eigenvalue weighted by atomic mass is 32.1. The summed E-state index contributed by atoms with van der Waals surface area (Å²) in [7, 11) is 0. The number of rotatable bonds is 2. The lowest BCUT2D eigenvalue weighted by atomic mass is 9.79. The minimum atomic E-state index is -0.183. The molecular weight excluding hydrogens is 360 g/mol. The van der Waals surface area contributed by atoms with Crippen molar-refractivity contribution in [1.29, 1.82) is 0 Å². The number of benzene rings is 1. The van der Waals surface area contributed by atoms with E-state index in [9.17, 15) is 4.79 Å². The summed E-state index contributed by atoms with van der Waals surface area (Å²) in [5.74, 6) is 0.278. The summed E-state index contributed by atoms with van der Waals surface area (Å²) in [6, 6.07) is 16.5. The Labute approximate surface area is 160 Å². The number of nitrogens with one attached hydrogen (secondary N) is 2. The lowest BCUT2D eigenvalue weighted by Gasteiger charge is -2.31. The van der Waals surface area contributed by atoms with Gasteiger partial charge in [0, 0.05) is 27.8 Å². The zero-order chi connectivity index (χ0) is 17.5. The Hall–Kier alpha value is -2.37. The van der Waals surface area contributed by atoms with Gasteiger partial charge in [0.1, 0.15) is 5.78 Å². The number of thiophene rings is 2. The van der Waals surface area contributed by atoms with E-state index in [1.165, 1.54) is 9.75 Å². The van der Waals surface area contributed by atoms with Crippen LogP contribution in [0.5, 0.6) is 0 Å². The van der Waals surface area contributed by atoms with Crippen molar-refractivity contribution in [2.45, 2.75) is 18.4 Å². The van der Waals surface area contributed by atoms with E-state index in [2.05, 4.69) is 63.9 Å². The van der Waals surface area contributed by atoms with Crippen molar-refractivity contribution in [1.82, 2.24) is 0 Å². The fourth-order valence-corrected chi connectivity index (χ4v) is 5.50. The van der Waals surface area contributed by atoms with Gasteiger partial charge in [0.05, 0.1) is 23.3 Å². The van der Waals surface area contributed by atoms with Gasteiger partial charge in [-0.3, -0.25) is 4.79 Å². The maximum atomic E-state index is 13.2. The topological polar surface area (TPSA) is 41.1 Å². The number of allylic oxidation sites excluding steroid dienone is 1. The molecule has 2 aromatic heterocycles. The number of fused-ring (bicyclic) bond motifs is 2. The Morgan fingerprint density at radius 1 is 0.885 bits per heavy atom. The third kappa shape index (κ3) is 2.68. The van der Waals surface area contributed by atoms with Gasteiger partial charge in [-0.25, -0.2) is 0 Å². The number of ketones is 1. The highest BCUT2D eigenvalue weighted by Crippen LogP contribution is 2.45. The molecule has 5 heteroatoms. The van der Waals surface area contributed by atoms with Gasteiger partial charge in [0.2, 0.25) is 0 Å². The second kappa shape index (κ2) is 6.41. The summed E-state index contributed by atoms with van der Waals surface area (Å²) in [5.41, 5.74) is 3.10. The number of para-hydroxylation sites is 2. The molecule has 1 aliphatic heterocycles. The molecular formula is C21H18N2OS2. The van der Waals surface area contributed by atoms with Crippen molar-refractivity contribution < 1.29 is 4.79 Å². The van der Waals surface area contributed by atoms with Crippen LogP contribution in [0.2, 0.25) is 0 Å². The fourth-order valence-electron chi connectivity index (χ4n) is 3.89. The maximum absolute atomic E-state index is 13.2. The first kappa shape index (κ1) is 15.9. The van der Waals surface area contributed by atoms with Gasteiger partial charge >= 0.3 is 0 Å². The number of anilines is 2. The number of carbonyl (C=O) groups is 1. The second-order valence-corrected chi connectivity index (χ2v) is 8.66. The van der Waals surface area contributed by atoms with Crippen LogP contribution in [0.15, 0.2) is 71.1 Å². The summed E-state index contributed by atoms with van der Waals surface area (Å²) in [4.78, 5) is 15.7. The second-order valence-electron chi connectivity index (χ2n) is 6.70. The lowest BCUT2D eigenvalue weighted by molar-refractivity contribution is -0.122. The standard InChI is InChI=1S/C21H18N2OS2/c24-17-12-13(18-7-3-9-25-18)11-16-20(17)21(19-8-4-10-26-19)23-15-6-2-1-5-14(15)22-16/h1-11,13,20-23H,12H2. The van der Waals surface area contributed by atoms with Crippen molar-refractivity contribution in [3.05, 3.63) is 80.8 Å². The van der Waals surface area contributed by atoms with Gasteiger partial charge < -0.3 is 10.6 Å². The average molecular weight is 379 g/mol. The fraction of sp³-hybridized carbons (Fsp3) is 0.190. The van der Waals surface area contributed by atoms with Gasteiger partial charge in [-0.15, -0.1) is 22.7 Å². The zero-order valence-corrected chi connectivity index (χ0v) is 15.6. The number of carbonyl (C=O) groups excluding carboxylic acids is 1. The molecule has 2 aliphatic rings. The quantitative estimate of drug-likeness (QED) is 0.606. The molecule has 1 aliphatic carbocycles. The number of Topliss-reactive ketones (excluding diaryl/α,β-unsaturated/α-hetero) is 1. The van der Waals surface area contributed by atoms with E-state index in [0.29, 0.717) is 12.2 Å². The van der Waals surface area contributed by atoms with E-state index in [-0.39, 0.29) is 17.9 Å². The molecule has 3 unspecified atom stereocenters. The molecule has 3 aromatic rings. The minimum absolute atomic E-state index is 0.0332. The molecule has 3 atom stereocenters. The van der Waals surface area contributed by atoms with Crippen molar-refractivity contribution >= 4 is 39.8 Å². The molecule has 0 spiro atoms. The summed E-state index contributed by atoms with van der Waals surface area (Å²) in [5, 5.41) is 11.3. The van der Waals surface area contributed by atoms with Crippen molar-refractivity contribution in [2.75, 3.05) is 10.6 Å². The molecule has 1 aromatic carbocycles. The van der Waals surface area contributed by atoms with Crippen LogP contribution < -0.4 is 10.6 Å². The summed E-state index contributed by atoms with van der Waals surface area (Å²) in [6.07, 6.45) is 2.83. The molecule has 5 rings (SSSR count). The summed E-state index contributed by atoms with van der Waals surface area (Å²) < 4.78 is 0. The molecule has 0 saturated carbocycles. The molecule has 0 radical (unpaired) electrons. The molecule has 130 valence electrons. The van der Waals surface area contributed by atoms with E-state index in [1.54, 1.807) is 22.7 Å². The van der Waals surface area contributed by atoms with Crippen LogP contribution in [-0.4, -0.2) is 5.78 Å². The van der Waals surface area contributed by atoms with E-state index in [4.69, 9.17) is 0 Å². The smallest absolute Gasteiger partial charge is 0.145 e. The monoisotopic (exact) mass is 378 g/mol. The summed E-state index contributed by atoms with van der Waals surface area (Å²) >= 11 is 3.42. The first-order valence-electron chi connectivity index (χ1n) is 8.73. The van der Waals surface area contributed by atoms with Crippen LogP contribution in [0, 0.1) is 5.92 Å². The van der Waals surface area contributed by atoms with Gasteiger partial charge in [-0.05, 0) is 35.0 Å². The van der Waals surface area contributed by atoms with Gasteiger partial charge in [-0.1, -0.05) is 30.3 Å². The van der Waals surface area contributed by atoms with Crippen LogP contribution >= 0.6 is 22.7 Å². The van der Waals surface area contributed by atoms with Crippen molar-refractivity contribution in [2.24, 2.45) is 5.92 Å². The largest absolute Gasteiger partial charge is 0.375 e. The molecule has 26 heavy (non-hydrogen) atoms. The predicted molar refractivity (Wildman–Crippen MR) is 109 cm³/mol. The number of hydrogen-bond acceptors (Lipinski definition) is 5. The first-order valence-corrected chi connectivity index (χ1v) is 10.5. The third-order valence-corrected chi connectivity index (χ3v) is 7.05. The Balaban J connectivity index is 1.63. The van der Waals surface area contributed by atoms with E-state index < -0.39 is 0 Å². The first-order chi connectivity index (χ1) is 12.8. The minimum Gasteiger partial charge on any atom is -0.375 e. The molecule has 0 fully saturated rings. The SMILES string of the molecule is O=C1CC(c2cccs2)C=C2Nc3ccccc3NC(c3cccs3)C12. The Kier molecular flexibility index (Phi) is 3.91. The van der Waals surface area contributed by atoms with Crippen LogP contribution in [-0.2, 0) is 4.79 Å². The van der Waals surface area contributed by atoms with Crippen LogP contribution in [0.3, 0.4) is 0 Å². The highest BCUT2D eigenvalue weighted by molar-refractivity contribution is 7.10. The Bertz CT molecular complexity index is 960. The van der Waals surface area contributed by atoms with E-state index >= 15 is 0 Å². The summed E-state index contributed by atoms with van der Waals surface area (Å²) in [6.45, 7) is 0. The maximum Gasteiger partial charge on any atom is 0.145 e.